The maximum absolute atomic E-state index is 6.42. The first-order chi connectivity index (χ1) is 10.3. The van der Waals surface area contributed by atoms with Crippen LogP contribution < -0.4 is 5.73 Å². The quantitative estimate of drug-likeness (QED) is 0.769. The lowest BCUT2D eigenvalue weighted by atomic mass is 10.0. The summed E-state index contributed by atoms with van der Waals surface area (Å²) in [5.41, 5.74) is 9.43. The molecule has 112 valence electrons. The largest absolute Gasteiger partial charge is 0.323 e. The molecular formula is C19H25NS. The van der Waals surface area contributed by atoms with Crippen LogP contribution >= 0.6 is 11.3 Å². The van der Waals surface area contributed by atoms with Crippen molar-refractivity contribution in [2.45, 2.75) is 57.4 Å². The first kappa shape index (κ1) is 14.8. The van der Waals surface area contributed by atoms with Gasteiger partial charge in [-0.25, -0.2) is 0 Å². The van der Waals surface area contributed by atoms with Gasteiger partial charge in [-0.05, 0) is 62.1 Å². The van der Waals surface area contributed by atoms with Gasteiger partial charge in [-0.2, -0.15) is 0 Å². The molecule has 2 N–H and O–H groups in total. The molecule has 0 radical (unpaired) electrons. The summed E-state index contributed by atoms with van der Waals surface area (Å²) in [6.07, 6.45) is 10.0. The molecule has 2 heteroatoms. The minimum atomic E-state index is 0.227. The number of thiophene rings is 1. The number of hydrogen-bond donors (Lipinski definition) is 1. The summed E-state index contributed by atoms with van der Waals surface area (Å²) >= 11 is 1.98. The van der Waals surface area contributed by atoms with E-state index in [0.29, 0.717) is 0 Å². The van der Waals surface area contributed by atoms with Gasteiger partial charge in [0.25, 0.3) is 0 Å². The fraction of sp³-hybridized carbons (Fsp3) is 0.474. The molecule has 0 saturated carbocycles. The van der Waals surface area contributed by atoms with E-state index in [0.717, 1.165) is 12.8 Å². The lowest BCUT2D eigenvalue weighted by molar-refractivity contribution is 0.619. The molecule has 1 aromatic heterocycles. The van der Waals surface area contributed by atoms with E-state index in [9.17, 15) is 0 Å². The minimum absolute atomic E-state index is 0.227. The van der Waals surface area contributed by atoms with Crippen LogP contribution in [0, 0.1) is 0 Å². The van der Waals surface area contributed by atoms with Gasteiger partial charge in [0, 0.05) is 15.8 Å². The van der Waals surface area contributed by atoms with E-state index in [2.05, 4.69) is 36.4 Å². The predicted molar refractivity (Wildman–Crippen MR) is 91.9 cm³/mol. The number of aryl methyl sites for hydroxylation is 3. The maximum Gasteiger partial charge on any atom is 0.0390 e. The molecule has 1 heterocycles. The molecule has 0 aliphatic heterocycles. The Morgan fingerprint density at radius 3 is 2.71 bits per heavy atom. The van der Waals surface area contributed by atoms with Crippen LogP contribution in [0.25, 0.3) is 0 Å². The van der Waals surface area contributed by atoms with Gasteiger partial charge in [0.1, 0.15) is 0 Å². The molecule has 1 aliphatic carbocycles. The van der Waals surface area contributed by atoms with Crippen LogP contribution in [-0.4, -0.2) is 0 Å². The lowest BCUT2D eigenvalue weighted by Crippen LogP contribution is -2.08. The Morgan fingerprint density at radius 2 is 1.86 bits per heavy atom. The van der Waals surface area contributed by atoms with Crippen LogP contribution in [0.15, 0.2) is 36.4 Å². The van der Waals surface area contributed by atoms with Crippen molar-refractivity contribution in [3.8, 4) is 0 Å². The average molecular weight is 299 g/mol. The standard InChI is InChI=1S/C19H25NS/c20-17(12-7-10-15-8-3-1-4-9-15)19-14-16-11-5-2-6-13-18(16)21-19/h1,3-4,8-9,14,17H,2,5-7,10-13,20H2. The Balaban J connectivity index is 1.54. The van der Waals surface area contributed by atoms with Crippen molar-refractivity contribution in [3.05, 3.63) is 57.3 Å². The molecule has 0 amide bonds. The van der Waals surface area contributed by atoms with Crippen molar-refractivity contribution in [2.75, 3.05) is 0 Å². The van der Waals surface area contributed by atoms with E-state index in [1.807, 2.05) is 11.3 Å². The van der Waals surface area contributed by atoms with Gasteiger partial charge in [-0.15, -0.1) is 11.3 Å². The van der Waals surface area contributed by atoms with Crippen LogP contribution in [0.1, 0.15) is 59.0 Å². The summed E-state index contributed by atoms with van der Waals surface area (Å²) in [5.74, 6) is 0. The van der Waals surface area contributed by atoms with Crippen molar-refractivity contribution < 1.29 is 0 Å². The normalized spacial score (nSPS) is 16.2. The van der Waals surface area contributed by atoms with E-state index < -0.39 is 0 Å². The average Bonchev–Trinajstić information content (AvgIpc) is 2.79. The smallest absolute Gasteiger partial charge is 0.0390 e. The summed E-state index contributed by atoms with van der Waals surface area (Å²) in [4.78, 5) is 3.02. The van der Waals surface area contributed by atoms with Gasteiger partial charge in [0.2, 0.25) is 0 Å². The first-order valence-corrected chi connectivity index (χ1v) is 9.05. The summed E-state index contributed by atoms with van der Waals surface area (Å²) in [6, 6.07) is 13.4. The predicted octanol–water partition coefficient (Wildman–Crippen LogP) is 5.04. The van der Waals surface area contributed by atoms with Gasteiger partial charge < -0.3 is 5.73 Å². The molecule has 0 fully saturated rings. The summed E-state index contributed by atoms with van der Waals surface area (Å²) in [6.45, 7) is 0. The summed E-state index contributed by atoms with van der Waals surface area (Å²) < 4.78 is 0. The van der Waals surface area contributed by atoms with Gasteiger partial charge in [0.05, 0.1) is 0 Å². The third kappa shape index (κ3) is 3.96. The minimum Gasteiger partial charge on any atom is -0.323 e. The number of benzene rings is 1. The second kappa shape index (κ2) is 7.24. The van der Waals surface area contributed by atoms with Gasteiger partial charge in [-0.3, -0.25) is 0 Å². The van der Waals surface area contributed by atoms with E-state index in [4.69, 9.17) is 5.73 Å². The van der Waals surface area contributed by atoms with E-state index in [-0.39, 0.29) is 6.04 Å². The molecule has 1 atom stereocenters. The van der Waals surface area contributed by atoms with E-state index in [1.165, 1.54) is 49.0 Å². The third-order valence-corrected chi connectivity index (χ3v) is 5.82. The second-order valence-electron chi connectivity index (χ2n) is 6.14. The Bertz CT molecular complexity index is 535. The Morgan fingerprint density at radius 1 is 1.05 bits per heavy atom. The van der Waals surface area contributed by atoms with Crippen molar-refractivity contribution in [2.24, 2.45) is 5.73 Å². The molecule has 1 aromatic carbocycles. The molecule has 1 unspecified atom stereocenters. The number of nitrogens with two attached hydrogens (primary N) is 1. The molecular weight excluding hydrogens is 274 g/mol. The fourth-order valence-corrected chi connectivity index (χ4v) is 4.48. The molecule has 0 spiro atoms. The zero-order valence-electron chi connectivity index (χ0n) is 12.7. The molecule has 0 bridgehead atoms. The van der Waals surface area contributed by atoms with Crippen molar-refractivity contribution in [1.29, 1.82) is 0 Å². The first-order valence-electron chi connectivity index (χ1n) is 8.24. The Kier molecular flexibility index (Phi) is 5.10. The van der Waals surface area contributed by atoms with Crippen molar-refractivity contribution in [3.63, 3.8) is 0 Å². The zero-order chi connectivity index (χ0) is 14.5. The van der Waals surface area contributed by atoms with Gasteiger partial charge in [-0.1, -0.05) is 36.8 Å². The van der Waals surface area contributed by atoms with E-state index in [1.54, 1.807) is 10.4 Å². The van der Waals surface area contributed by atoms with Crippen LogP contribution in [0.2, 0.25) is 0 Å². The van der Waals surface area contributed by atoms with Crippen LogP contribution in [0.5, 0.6) is 0 Å². The SMILES string of the molecule is NC(CCCc1ccccc1)c1cc2c(s1)CCCCC2. The molecule has 1 nitrogen and oxygen atoms in total. The van der Waals surface area contributed by atoms with Crippen LogP contribution in [-0.2, 0) is 19.3 Å². The maximum atomic E-state index is 6.42. The molecule has 3 rings (SSSR count). The van der Waals surface area contributed by atoms with Crippen molar-refractivity contribution >= 4 is 11.3 Å². The van der Waals surface area contributed by atoms with Crippen LogP contribution in [0.3, 0.4) is 0 Å². The Labute approximate surface area is 132 Å². The highest BCUT2D eigenvalue weighted by Gasteiger charge is 2.15. The lowest BCUT2D eigenvalue weighted by Gasteiger charge is -2.09. The van der Waals surface area contributed by atoms with Crippen molar-refractivity contribution in [1.82, 2.24) is 0 Å². The highest BCUT2D eigenvalue weighted by Crippen LogP contribution is 2.33. The van der Waals surface area contributed by atoms with Crippen LogP contribution in [0.4, 0.5) is 0 Å². The molecule has 0 saturated heterocycles. The topological polar surface area (TPSA) is 26.0 Å². The molecule has 2 aromatic rings. The third-order valence-electron chi connectivity index (χ3n) is 4.45. The second-order valence-corrected chi connectivity index (χ2v) is 7.31. The molecule has 1 aliphatic rings. The van der Waals surface area contributed by atoms with Gasteiger partial charge >= 0.3 is 0 Å². The highest BCUT2D eigenvalue weighted by molar-refractivity contribution is 7.12. The number of fused-ring (bicyclic) bond motifs is 1. The number of rotatable bonds is 5. The monoisotopic (exact) mass is 299 g/mol. The van der Waals surface area contributed by atoms with E-state index >= 15 is 0 Å². The zero-order valence-corrected chi connectivity index (χ0v) is 13.5. The Hall–Kier alpha value is -1.12. The summed E-state index contributed by atoms with van der Waals surface area (Å²) in [7, 11) is 0. The molecule has 21 heavy (non-hydrogen) atoms. The van der Waals surface area contributed by atoms with Gasteiger partial charge in [0.15, 0.2) is 0 Å². The fourth-order valence-electron chi connectivity index (χ4n) is 3.19. The number of hydrogen-bond acceptors (Lipinski definition) is 2. The highest BCUT2D eigenvalue weighted by atomic mass is 32.1. The summed E-state index contributed by atoms with van der Waals surface area (Å²) in [5, 5.41) is 0.